The summed E-state index contributed by atoms with van der Waals surface area (Å²) in [7, 11) is 2.38. The molecule has 0 spiro atoms. The molecule has 7 nitrogen and oxygen atoms in total. The van der Waals surface area contributed by atoms with E-state index < -0.39 is 29.9 Å². The number of hydrogen-bond acceptors (Lipinski definition) is 7. The Morgan fingerprint density at radius 1 is 0.826 bits per heavy atom. The maximum Gasteiger partial charge on any atom is 0.339 e. The molecule has 0 fully saturated rings. The van der Waals surface area contributed by atoms with Crippen molar-refractivity contribution < 1.29 is 33.3 Å². The molecule has 0 aromatic rings. The van der Waals surface area contributed by atoms with Gasteiger partial charge in [-0.25, -0.2) is 4.79 Å². The molecule has 1 unspecified atom stereocenters. The van der Waals surface area contributed by atoms with Gasteiger partial charge in [-0.05, 0) is 12.8 Å². The zero-order valence-corrected chi connectivity index (χ0v) is 14.5. The molecule has 0 aliphatic rings. The highest BCUT2D eigenvalue weighted by molar-refractivity contribution is 5.90. The molecule has 1 atom stereocenters. The van der Waals surface area contributed by atoms with Crippen LogP contribution in [-0.2, 0) is 33.3 Å². The fourth-order valence-corrected chi connectivity index (χ4v) is 1.89. The van der Waals surface area contributed by atoms with E-state index in [-0.39, 0.29) is 19.6 Å². The summed E-state index contributed by atoms with van der Waals surface area (Å²) in [6, 6.07) is 0. The van der Waals surface area contributed by atoms with E-state index in [0.717, 1.165) is 19.3 Å². The topological polar surface area (TPSA) is 88.1 Å². The van der Waals surface area contributed by atoms with Crippen LogP contribution in [-0.4, -0.2) is 50.9 Å². The molecule has 0 aromatic heterocycles. The molecule has 0 aliphatic carbocycles. The number of rotatable bonds is 12. The van der Waals surface area contributed by atoms with E-state index >= 15 is 0 Å². The molecule has 134 valence electrons. The summed E-state index contributed by atoms with van der Waals surface area (Å²) in [6.45, 7) is 4.42. The van der Waals surface area contributed by atoms with E-state index in [2.05, 4.69) is 4.74 Å². The molecule has 0 bridgehead atoms. The number of hydrogen-bond donors (Lipinski definition) is 0. The molecule has 0 saturated carbocycles. The highest BCUT2D eigenvalue weighted by Gasteiger charge is 2.46. The van der Waals surface area contributed by atoms with E-state index in [9.17, 15) is 14.4 Å². The highest BCUT2D eigenvalue weighted by atomic mass is 16.6. The molecule has 7 heteroatoms. The smallest absolute Gasteiger partial charge is 0.339 e. The average molecular weight is 332 g/mol. The lowest BCUT2D eigenvalue weighted by Gasteiger charge is -2.29. The first-order valence-electron chi connectivity index (χ1n) is 7.90. The van der Waals surface area contributed by atoms with E-state index in [1.807, 2.05) is 13.8 Å². The van der Waals surface area contributed by atoms with Gasteiger partial charge >= 0.3 is 17.9 Å². The summed E-state index contributed by atoms with van der Waals surface area (Å²) in [6.07, 6.45) is 2.35. The molecule has 0 N–H and O–H groups in total. The van der Waals surface area contributed by atoms with E-state index in [0.29, 0.717) is 6.42 Å². The van der Waals surface area contributed by atoms with Crippen molar-refractivity contribution in [2.24, 2.45) is 0 Å². The molecule has 0 aliphatic heterocycles. The van der Waals surface area contributed by atoms with Crippen molar-refractivity contribution in [3.8, 4) is 0 Å². The number of unbranched alkanes of at least 4 members (excludes halogenated alkanes) is 2. The van der Waals surface area contributed by atoms with E-state index in [4.69, 9.17) is 14.2 Å². The van der Waals surface area contributed by atoms with Gasteiger partial charge in [-0.15, -0.1) is 0 Å². The summed E-state index contributed by atoms with van der Waals surface area (Å²) in [5, 5.41) is 0. The van der Waals surface area contributed by atoms with Gasteiger partial charge in [0.15, 0.2) is 5.60 Å². The minimum atomic E-state index is -1.71. The third-order valence-electron chi connectivity index (χ3n) is 3.28. The van der Waals surface area contributed by atoms with Crippen LogP contribution in [0.4, 0.5) is 0 Å². The first kappa shape index (κ1) is 21.4. The summed E-state index contributed by atoms with van der Waals surface area (Å²) in [5.74, 6) is -2.05. The maximum absolute atomic E-state index is 12.2. The average Bonchev–Trinajstić information content (AvgIpc) is 2.54. The van der Waals surface area contributed by atoms with Gasteiger partial charge in [-0.1, -0.05) is 26.7 Å². The van der Waals surface area contributed by atoms with Gasteiger partial charge in [0.2, 0.25) is 0 Å². The molecule has 0 saturated heterocycles. The second-order valence-corrected chi connectivity index (χ2v) is 5.19. The lowest BCUT2D eigenvalue weighted by Crippen LogP contribution is -2.47. The monoisotopic (exact) mass is 332 g/mol. The lowest BCUT2D eigenvalue weighted by molar-refractivity contribution is -0.183. The highest BCUT2D eigenvalue weighted by Crippen LogP contribution is 2.25. The van der Waals surface area contributed by atoms with Crippen LogP contribution >= 0.6 is 0 Å². The molecule has 0 heterocycles. The summed E-state index contributed by atoms with van der Waals surface area (Å²) < 4.78 is 20.0. The molecule has 0 rings (SSSR count). The van der Waals surface area contributed by atoms with E-state index in [1.165, 1.54) is 14.2 Å². The number of esters is 3. The molecule has 23 heavy (non-hydrogen) atoms. The SMILES string of the molecule is CCCCOC(=O)CC(CC(=O)OC)(OCCCC)C(=O)OC. The predicted octanol–water partition coefficient (Wildman–Crippen LogP) is 2.01. The predicted molar refractivity (Wildman–Crippen MR) is 82.7 cm³/mol. The van der Waals surface area contributed by atoms with Gasteiger partial charge in [0.25, 0.3) is 0 Å². The summed E-state index contributed by atoms with van der Waals surface area (Å²) in [5.41, 5.74) is -1.71. The normalized spacial score (nSPS) is 13.0. The largest absolute Gasteiger partial charge is 0.469 e. The minimum absolute atomic E-state index is 0.227. The molecular formula is C16H28O7. The van der Waals surface area contributed by atoms with Crippen molar-refractivity contribution in [1.82, 2.24) is 0 Å². The van der Waals surface area contributed by atoms with E-state index in [1.54, 1.807) is 0 Å². The molecule has 0 radical (unpaired) electrons. The molecule has 0 aromatic carbocycles. The zero-order chi connectivity index (χ0) is 17.7. The Balaban J connectivity index is 5.13. The first-order valence-corrected chi connectivity index (χ1v) is 7.90. The van der Waals surface area contributed by atoms with Crippen molar-refractivity contribution in [3.05, 3.63) is 0 Å². The Kier molecular flexibility index (Phi) is 11.0. The first-order chi connectivity index (χ1) is 11.0. The van der Waals surface area contributed by atoms with Crippen LogP contribution in [0.25, 0.3) is 0 Å². The number of carbonyl (C=O) groups excluding carboxylic acids is 3. The fraction of sp³-hybridized carbons (Fsp3) is 0.812. The van der Waals surface area contributed by atoms with Crippen LogP contribution in [0.5, 0.6) is 0 Å². The maximum atomic E-state index is 12.2. The van der Waals surface area contributed by atoms with Crippen LogP contribution in [0.2, 0.25) is 0 Å². The Bertz CT molecular complexity index is 381. The van der Waals surface area contributed by atoms with Gasteiger partial charge in [0, 0.05) is 6.61 Å². The van der Waals surface area contributed by atoms with Crippen LogP contribution in [0, 0.1) is 0 Å². The van der Waals surface area contributed by atoms with Crippen molar-refractivity contribution in [1.29, 1.82) is 0 Å². The second kappa shape index (κ2) is 11.9. The molecule has 0 amide bonds. The third kappa shape index (κ3) is 7.97. The van der Waals surface area contributed by atoms with Crippen molar-refractivity contribution in [2.45, 2.75) is 58.0 Å². The quantitative estimate of drug-likeness (QED) is 0.307. The van der Waals surface area contributed by atoms with Crippen LogP contribution in [0.15, 0.2) is 0 Å². The Hall–Kier alpha value is -1.63. The minimum Gasteiger partial charge on any atom is -0.469 e. The van der Waals surface area contributed by atoms with Gasteiger partial charge in [0.1, 0.15) is 0 Å². The van der Waals surface area contributed by atoms with Gasteiger partial charge < -0.3 is 18.9 Å². The van der Waals surface area contributed by atoms with Crippen molar-refractivity contribution >= 4 is 17.9 Å². The Morgan fingerprint density at radius 2 is 1.39 bits per heavy atom. The van der Waals surface area contributed by atoms with Crippen LogP contribution in [0.1, 0.15) is 52.4 Å². The Labute approximate surface area is 137 Å². The number of methoxy groups -OCH3 is 2. The Morgan fingerprint density at radius 3 is 1.91 bits per heavy atom. The van der Waals surface area contributed by atoms with Crippen molar-refractivity contribution in [3.63, 3.8) is 0 Å². The number of ether oxygens (including phenoxy) is 4. The number of carbonyl (C=O) groups is 3. The van der Waals surface area contributed by atoms with Gasteiger partial charge in [0.05, 0.1) is 33.7 Å². The lowest BCUT2D eigenvalue weighted by atomic mass is 9.95. The third-order valence-corrected chi connectivity index (χ3v) is 3.28. The zero-order valence-electron chi connectivity index (χ0n) is 14.5. The van der Waals surface area contributed by atoms with Crippen molar-refractivity contribution in [2.75, 3.05) is 27.4 Å². The van der Waals surface area contributed by atoms with Crippen LogP contribution < -0.4 is 0 Å². The van der Waals surface area contributed by atoms with Gasteiger partial charge in [-0.2, -0.15) is 0 Å². The summed E-state index contributed by atoms with van der Waals surface area (Å²) in [4.78, 5) is 35.8. The van der Waals surface area contributed by atoms with Gasteiger partial charge in [-0.3, -0.25) is 9.59 Å². The second-order valence-electron chi connectivity index (χ2n) is 5.19. The summed E-state index contributed by atoms with van der Waals surface area (Å²) >= 11 is 0. The van der Waals surface area contributed by atoms with Crippen LogP contribution in [0.3, 0.4) is 0 Å². The molecular weight excluding hydrogens is 304 g/mol. The fourth-order valence-electron chi connectivity index (χ4n) is 1.89. The standard InChI is InChI=1S/C16H28O7/c1-5-7-9-22-14(18)12-16(15(19)21-4,11-13(17)20-3)23-10-8-6-2/h5-12H2,1-4H3.